The van der Waals surface area contributed by atoms with Gasteiger partial charge in [-0.25, -0.2) is 0 Å². The molecule has 3 heterocycles. The maximum atomic E-state index is 14.8. The first-order chi connectivity index (χ1) is 32.9. The highest BCUT2D eigenvalue weighted by molar-refractivity contribution is 5.72. The Balaban J connectivity index is 1.42. The maximum absolute atomic E-state index is 14.8. The van der Waals surface area contributed by atoms with Gasteiger partial charge in [0.15, 0.2) is 12.6 Å². The van der Waals surface area contributed by atoms with Crippen molar-refractivity contribution in [3.05, 3.63) is 108 Å². The number of esters is 1. The summed E-state index contributed by atoms with van der Waals surface area (Å²) in [4.78, 5) is 16.8. The van der Waals surface area contributed by atoms with Crippen LogP contribution in [0.1, 0.15) is 84.4 Å². The number of likely N-dealkylation sites (N-methyl/N-ethyl adjacent to an activating group) is 1. The number of methoxy groups -OCH3 is 1. The van der Waals surface area contributed by atoms with Crippen LogP contribution < -0.4 is 5.32 Å². The first-order valence-corrected chi connectivity index (χ1v) is 24.7. The summed E-state index contributed by atoms with van der Waals surface area (Å²) >= 11 is 0. The Morgan fingerprint density at radius 2 is 1.29 bits per heavy atom. The normalized spacial score (nSPS) is 37.7. The topological polar surface area (TPSA) is 176 Å². The number of carbonyl (C=O) groups excluding carboxylic acids is 1. The van der Waals surface area contributed by atoms with Crippen molar-refractivity contribution >= 4 is 5.97 Å². The minimum Gasteiger partial charge on any atom is -0.463 e. The van der Waals surface area contributed by atoms with Gasteiger partial charge < -0.3 is 68.2 Å². The first kappa shape index (κ1) is 54.9. The Bertz CT molecular complexity index is 1970. The lowest BCUT2D eigenvalue weighted by Gasteiger charge is -2.48. The molecule has 0 aliphatic carbocycles. The first-order valence-electron chi connectivity index (χ1n) is 24.7. The molecule has 0 bridgehead atoms. The number of aliphatic hydroxyl groups excluding tert-OH is 2. The molecule has 384 valence electrons. The molecule has 0 spiro atoms. The molecule has 3 aromatic carbocycles. The molecule has 3 saturated heterocycles. The largest absolute Gasteiger partial charge is 0.463 e. The summed E-state index contributed by atoms with van der Waals surface area (Å²) in [6, 6.07) is 28.8. The number of nitrogens with zero attached hydrogens (tertiary/aromatic N) is 1. The number of hydrogen-bond acceptors (Lipinski definition) is 15. The molecule has 69 heavy (non-hydrogen) atoms. The molecule has 3 aromatic rings. The Hall–Kier alpha value is -3.39. The molecule has 3 aliphatic heterocycles. The quantitative estimate of drug-likeness (QED) is 0.135. The summed E-state index contributed by atoms with van der Waals surface area (Å²) in [5.41, 5.74) is 0.161. The molecule has 15 nitrogen and oxygen atoms in total. The minimum atomic E-state index is -1.63. The van der Waals surface area contributed by atoms with Crippen molar-refractivity contribution in [2.24, 2.45) is 11.8 Å². The number of carbonyl (C=O) groups is 1. The van der Waals surface area contributed by atoms with Crippen LogP contribution in [0.2, 0.25) is 0 Å². The van der Waals surface area contributed by atoms with E-state index in [1.165, 1.54) is 7.11 Å². The third kappa shape index (κ3) is 14.8. The van der Waals surface area contributed by atoms with E-state index in [1.54, 1.807) is 27.7 Å². The van der Waals surface area contributed by atoms with Crippen LogP contribution in [-0.4, -0.2) is 151 Å². The van der Waals surface area contributed by atoms with E-state index in [0.717, 1.165) is 16.7 Å². The van der Waals surface area contributed by atoms with E-state index in [2.05, 4.69) is 5.32 Å². The number of hydrogen-bond donors (Lipinski definition) is 4. The maximum Gasteiger partial charge on any atom is 0.311 e. The molecule has 0 saturated carbocycles. The predicted molar refractivity (Wildman–Crippen MR) is 260 cm³/mol. The zero-order valence-corrected chi connectivity index (χ0v) is 42.3. The van der Waals surface area contributed by atoms with Crippen molar-refractivity contribution in [2.75, 3.05) is 34.4 Å². The van der Waals surface area contributed by atoms with Gasteiger partial charge in [-0.05, 0) is 85.2 Å². The average molecular weight is 965 g/mol. The second-order valence-corrected chi connectivity index (χ2v) is 20.2. The van der Waals surface area contributed by atoms with Gasteiger partial charge in [-0.2, -0.15) is 0 Å². The van der Waals surface area contributed by atoms with Crippen LogP contribution in [0, 0.1) is 11.8 Å². The van der Waals surface area contributed by atoms with Gasteiger partial charge in [0.05, 0.1) is 67.5 Å². The van der Waals surface area contributed by atoms with Gasteiger partial charge in [0.25, 0.3) is 0 Å². The smallest absolute Gasteiger partial charge is 0.311 e. The minimum absolute atomic E-state index is 0.134. The van der Waals surface area contributed by atoms with Crippen LogP contribution in [0.15, 0.2) is 91.0 Å². The van der Waals surface area contributed by atoms with Crippen molar-refractivity contribution < 1.29 is 62.7 Å². The lowest BCUT2D eigenvalue weighted by atomic mass is 9.78. The summed E-state index contributed by atoms with van der Waals surface area (Å²) in [6.45, 7) is 13.5. The molecule has 3 aliphatic rings. The van der Waals surface area contributed by atoms with Crippen LogP contribution in [0.5, 0.6) is 0 Å². The van der Waals surface area contributed by atoms with Crippen LogP contribution in [0.25, 0.3) is 0 Å². The lowest BCUT2D eigenvalue weighted by molar-refractivity contribution is -0.317. The fourth-order valence-corrected chi connectivity index (χ4v) is 10.1. The van der Waals surface area contributed by atoms with E-state index >= 15 is 0 Å². The number of benzene rings is 3. The molecule has 6 rings (SSSR count). The predicted octanol–water partition coefficient (Wildman–Crippen LogP) is 5.79. The van der Waals surface area contributed by atoms with Crippen molar-refractivity contribution in [2.45, 2.75) is 178 Å². The molecule has 0 radical (unpaired) electrons. The number of nitrogens with one attached hydrogen (secondary N) is 1. The van der Waals surface area contributed by atoms with E-state index in [9.17, 15) is 20.1 Å². The van der Waals surface area contributed by atoms with E-state index in [1.807, 2.05) is 131 Å². The van der Waals surface area contributed by atoms with Gasteiger partial charge in [-0.3, -0.25) is 4.79 Å². The number of aliphatic hydroxyl groups is 3. The molecule has 17 atom stereocenters. The highest BCUT2D eigenvalue weighted by Gasteiger charge is 2.51. The third-order valence-electron chi connectivity index (χ3n) is 14.2. The average Bonchev–Trinajstić information content (AvgIpc) is 3.33. The standard InChI is InChI=1S/C54H80N2O13/c1-34-27-53(6,60)50(69-52-46(57)42(56(8)9)26-35(2)66-52)36(3)47(68-45-28-54(7,61-10)49(58)38(5)67-45)37(4)51(59)65-33-44(63-31-40-22-16-12-17-23-40)48(64-32-41-24-18-13-19-25-41)43(29-55-34)62-30-39-20-14-11-15-21-39/h11-25,34-38,42-50,52,55,57-58,60H,26-33H2,1-10H3/t34-,35-,36+,37-,38+,42+,43+,44-,45+,46-,47?,48?,49+,50-,52+,53-,54-/m1/s1. The molecular weight excluding hydrogens is 885 g/mol. The zero-order valence-electron chi connectivity index (χ0n) is 42.3. The number of ether oxygens (including phenoxy) is 9. The highest BCUT2D eigenvalue weighted by atomic mass is 16.7. The molecule has 0 aromatic heterocycles. The Morgan fingerprint density at radius 1 is 0.739 bits per heavy atom. The lowest BCUT2D eigenvalue weighted by Crippen LogP contribution is -2.60. The Morgan fingerprint density at radius 3 is 1.84 bits per heavy atom. The van der Waals surface area contributed by atoms with Crippen LogP contribution in [-0.2, 0) is 67.2 Å². The third-order valence-corrected chi connectivity index (χ3v) is 14.2. The van der Waals surface area contributed by atoms with Crippen molar-refractivity contribution in [3.8, 4) is 0 Å². The van der Waals surface area contributed by atoms with E-state index in [4.69, 9.17) is 42.6 Å². The van der Waals surface area contributed by atoms with E-state index in [-0.39, 0.29) is 64.0 Å². The molecule has 4 N–H and O–H groups in total. The van der Waals surface area contributed by atoms with E-state index < -0.39 is 90.4 Å². The Labute approximate surface area is 410 Å². The van der Waals surface area contributed by atoms with Crippen LogP contribution in [0.3, 0.4) is 0 Å². The van der Waals surface area contributed by atoms with Gasteiger partial charge in [-0.15, -0.1) is 0 Å². The van der Waals surface area contributed by atoms with Gasteiger partial charge in [0.2, 0.25) is 0 Å². The zero-order chi connectivity index (χ0) is 49.9. The number of cyclic esters (lactones) is 1. The summed E-state index contributed by atoms with van der Waals surface area (Å²) in [5.74, 6) is -2.35. The van der Waals surface area contributed by atoms with Crippen molar-refractivity contribution in [1.82, 2.24) is 10.2 Å². The molecule has 2 unspecified atom stereocenters. The SMILES string of the molecule is CO[C@]1(C)C[C@H](OC2[C@@H](C)C(=O)OC[C@@H](OCc3ccccc3)C(OCc3ccccc3)[C@@H](OCc3ccccc3)CN[C@H](C)C[C@@](C)(O)[C@H](O[C@@H]3O[C@H](C)C[C@H](N(C)C)[C@H]3O)[C@H]2C)O[C@@H](C)[C@@H]1O. The van der Waals surface area contributed by atoms with Crippen molar-refractivity contribution in [1.29, 1.82) is 0 Å². The van der Waals surface area contributed by atoms with Gasteiger partial charge in [0.1, 0.15) is 31.0 Å². The van der Waals surface area contributed by atoms with Gasteiger partial charge in [0, 0.05) is 38.1 Å². The highest BCUT2D eigenvalue weighted by Crippen LogP contribution is 2.39. The fraction of sp³-hybridized carbons (Fsp3) is 0.648. The van der Waals surface area contributed by atoms with E-state index in [0.29, 0.717) is 6.42 Å². The summed E-state index contributed by atoms with van der Waals surface area (Å²) in [6.07, 6.45) is -8.56. The molecule has 3 fully saturated rings. The van der Waals surface area contributed by atoms with Crippen LogP contribution >= 0.6 is 0 Å². The summed E-state index contributed by atoms with van der Waals surface area (Å²) < 4.78 is 59.0. The molecule has 0 amide bonds. The molecular formula is C54H80N2O13. The molecule has 15 heteroatoms. The van der Waals surface area contributed by atoms with Gasteiger partial charge in [-0.1, -0.05) is 97.9 Å². The summed E-state index contributed by atoms with van der Waals surface area (Å²) in [7, 11) is 5.33. The second-order valence-electron chi connectivity index (χ2n) is 20.2. The summed E-state index contributed by atoms with van der Waals surface area (Å²) in [5, 5.41) is 39.5. The second kappa shape index (κ2) is 25.3. The van der Waals surface area contributed by atoms with Gasteiger partial charge >= 0.3 is 5.97 Å². The Kier molecular flexibility index (Phi) is 20.2. The van der Waals surface area contributed by atoms with Crippen molar-refractivity contribution in [3.63, 3.8) is 0 Å². The monoisotopic (exact) mass is 965 g/mol. The van der Waals surface area contributed by atoms with Crippen LogP contribution in [0.4, 0.5) is 0 Å². The number of rotatable bonds is 15. The fourth-order valence-electron chi connectivity index (χ4n) is 10.1.